The molecule has 0 saturated carbocycles. The number of hydrogen-bond acceptors (Lipinski definition) is 5. The first-order valence-corrected chi connectivity index (χ1v) is 9.85. The van der Waals surface area contributed by atoms with E-state index in [4.69, 9.17) is 9.47 Å². The third-order valence-electron chi connectivity index (χ3n) is 4.06. The molecule has 7 heteroatoms. The van der Waals surface area contributed by atoms with Crippen LogP contribution in [0.2, 0.25) is 0 Å². The van der Waals surface area contributed by atoms with E-state index in [2.05, 4.69) is 5.32 Å². The average Bonchev–Trinajstić information content (AvgIpc) is 3.03. The number of nitrogens with one attached hydrogen (secondary N) is 1. The van der Waals surface area contributed by atoms with Crippen LogP contribution >= 0.6 is 11.3 Å². The zero-order chi connectivity index (χ0) is 20.8. The van der Waals surface area contributed by atoms with Gasteiger partial charge in [-0.05, 0) is 43.7 Å². The summed E-state index contributed by atoms with van der Waals surface area (Å²) in [5.41, 5.74) is 1.55. The van der Waals surface area contributed by atoms with Crippen LogP contribution in [0.5, 0.6) is 5.75 Å². The fourth-order valence-corrected chi connectivity index (χ4v) is 3.90. The number of amides is 1. The standard InChI is InChI=1S/C22H20FNO4S/c1-3-27-22(26)20-19(15-9-11-16(23)12-10-15)14(2)29-21(20)24-18(25)13-28-17-7-5-4-6-8-17/h4-12H,3,13H2,1-2H3,(H,24,25). The van der Waals surface area contributed by atoms with Crippen LogP contribution in [-0.4, -0.2) is 25.1 Å². The lowest BCUT2D eigenvalue weighted by Crippen LogP contribution is -2.21. The van der Waals surface area contributed by atoms with Gasteiger partial charge in [-0.2, -0.15) is 0 Å². The van der Waals surface area contributed by atoms with Crippen molar-refractivity contribution < 1.29 is 23.5 Å². The first-order chi connectivity index (χ1) is 14.0. The number of thiophene rings is 1. The molecule has 0 aliphatic rings. The van der Waals surface area contributed by atoms with Gasteiger partial charge >= 0.3 is 5.97 Å². The zero-order valence-corrected chi connectivity index (χ0v) is 16.8. The van der Waals surface area contributed by atoms with Gasteiger partial charge in [-0.3, -0.25) is 4.79 Å². The maximum Gasteiger partial charge on any atom is 0.341 e. The molecule has 0 aliphatic carbocycles. The van der Waals surface area contributed by atoms with E-state index in [1.165, 1.54) is 23.5 Å². The van der Waals surface area contributed by atoms with Crippen LogP contribution in [0.15, 0.2) is 54.6 Å². The number of halogens is 1. The Morgan fingerprint density at radius 2 is 1.76 bits per heavy atom. The van der Waals surface area contributed by atoms with Gasteiger partial charge in [0, 0.05) is 10.4 Å². The number of carbonyl (C=O) groups excluding carboxylic acids is 2. The van der Waals surface area contributed by atoms with E-state index in [0.29, 0.717) is 21.9 Å². The molecule has 1 N–H and O–H groups in total. The van der Waals surface area contributed by atoms with Gasteiger partial charge in [0.15, 0.2) is 6.61 Å². The van der Waals surface area contributed by atoms with E-state index in [0.717, 1.165) is 4.88 Å². The second-order valence-corrected chi connectivity index (χ2v) is 7.34. The zero-order valence-electron chi connectivity index (χ0n) is 16.0. The molecule has 0 saturated heterocycles. The molecule has 29 heavy (non-hydrogen) atoms. The highest BCUT2D eigenvalue weighted by Gasteiger charge is 2.25. The summed E-state index contributed by atoms with van der Waals surface area (Å²) in [6.07, 6.45) is 0. The number of para-hydroxylation sites is 1. The van der Waals surface area contributed by atoms with Crippen LogP contribution < -0.4 is 10.1 Å². The molecule has 0 fully saturated rings. The summed E-state index contributed by atoms with van der Waals surface area (Å²) in [5, 5.41) is 3.12. The SMILES string of the molecule is CCOC(=O)c1c(NC(=O)COc2ccccc2)sc(C)c1-c1ccc(F)cc1. The fourth-order valence-electron chi connectivity index (χ4n) is 2.82. The van der Waals surface area contributed by atoms with Crippen molar-refractivity contribution in [3.05, 3.63) is 70.9 Å². The molecule has 0 atom stereocenters. The van der Waals surface area contributed by atoms with Crippen molar-refractivity contribution in [3.63, 3.8) is 0 Å². The maximum absolute atomic E-state index is 13.3. The lowest BCUT2D eigenvalue weighted by Gasteiger charge is -2.10. The summed E-state index contributed by atoms with van der Waals surface area (Å²) in [6, 6.07) is 14.8. The van der Waals surface area contributed by atoms with Crippen molar-refractivity contribution in [1.29, 1.82) is 0 Å². The van der Waals surface area contributed by atoms with Gasteiger partial charge in [-0.15, -0.1) is 11.3 Å². The Labute approximate surface area is 172 Å². The van der Waals surface area contributed by atoms with E-state index < -0.39 is 11.9 Å². The quantitative estimate of drug-likeness (QED) is 0.550. The highest BCUT2D eigenvalue weighted by molar-refractivity contribution is 7.17. The average molecular weight is 413 g/mol. The molecule has 1 aromatic heterocycles. The largest absolute Gasteiger partial charge is 0.484 e. The highest BCUT2D eigenvalue weighted by Crippen LogP contribution is 2.40. The first-order valence-electron chi connectivity index (χ1n) is 9.03. The molecular weight excluding hydrogens is 393 g/mol. The molecule has 0 radical (unpaired) electrons. The molecule has 3 rings (SSSR count). The third-order valence-corrected chi connectivity index (χ3v) is 5.08. The van der Waals surface area contributed by atoms with Crippen LogP contribution in [-0.2, 0) is 9.53 Å². The van der Waals surface area contributed by atoms with E-state index in [9.17, 15) is 14.0 Å². The summed E-state index contributed by atoms with van der Waals surface area (Å²) >= 11 is 1.26. The van der Waals surface area contributed by atoms with Gasteiger partial charge in [0.1, 0.15) is 22.1 Å². The van der Waals surface area contributed by atoms with Crippen LogP contribution in [0.25, 0.3) is 11.1 Å². The second-order valence-electron chi connectivity index (χ2n) is 6.11. The van der Waals surface area contributed by atoms with Gasteiger partial charge < -0.3 is 14.8 Å². The number of benzene rings is 2. The van der Waals surface area contributed by atoms with Crippen molar-refractivity contribution in [2.24, 2.45) is 0 Å². The Bertz CT molecular complexity index is 1000. The van der Waals surface area contributed by atoms with E-state index >= 15 is 0 Å². The summed E-state index contributed by atoms with van der Waals surface area (Å²) in [4.78, 5) is 25.8. The molecule has 2 aromatic carbocycles. The van der Waals surface area contributed by atoms with Crippen molar-refractivity contribution in [2.45, 2.75) is 13.8 Å². The molecular formula is C22H20FNO4S. The number of rotatable bonds is 7. The molecule has 0 aliphatic heterocycles. The van der Waals surface area contributed by atoms with E-state index in [1.807, 2.05) is 25.1 Å². The predicted molar refractivity (Wildman–Crippen MR) is 111 cm³/mol. The van der Waals surface area contributed by atoms with Crippen LogP contribution in [0.3, 0.4) is 0 Å². The molecule has 3 aromatic rings. The van der Waals surface area contributed by atoms with Crippen molar-refractivity contribution in [3.8, 4) is 16.9 Å². The summed E-state index contributed by atoms with van der Waals surface area (Å²) < 4.78 is 24.0. The summed E-state index contributed by atoms with van der Waals surface area (Å²) in [5.74, 6) is -0.740. The highest BCUT2D eigenvalue weighted by atomic mass is 32.1. The van der Waals surface area contributed by atoms with E-state index in [-0.39, 0.29) is 24.6 Å². The van der Waals surface area contributed by atoms with Gasteiger partial charge in [-0.25, -0.2) is 9.18 Å². The number of hydrogen-bond donors (Lipinski definition) is 1. The molecule has 0 unspecified atom stereocenters. The number of ether oxygens (including phenoxy) is 2. The van der Waals surface area contributed by atoms with Crippen molar-refractivity contribution in [1.82, 2.24) is 0 Å². The lowest BCUT2D eigenvalue weighted by molar-refractivity contribution is -0.118. The number of aryl methyl sites for hydroxylation is 1. The fraction of sp³-hybridized carbons (Fsp3) is 0.182. The van der Waals surface area contributed by atoms with Crippen LogP contribution in [0.1, 0.15) is 22.2 Å². The van der Waals surface area contributed by atoms with Crippen LogP contribution in [0, 0.1) is 12.7 Å². The summed E-state index contributed by atoms with van der Waals surface area (Å²) in [7, 11) is 0. The molecule has 0 spiro atoms. The first kappa shape index (κ1) is 20.5. The van der Waals surface area contributed by atoms with Crippen molar-refractivity contribution >= 4 is 28.2 Å². The van der Waals surface area contributed by atoms with Crippen LogP contribution in [0.4, 0.5) is 9.39 Å². The monoisotopic (exact) mass is 413 g/mol. The minimum atomic E-state index is -0.546. The second kappa shape index (κ2) is 9.34. The molecule has 1 heterocycles. The van der Waals surface area contributed by atoms with Gasteiger partial charge in [0.05, 0.1) is 6.61 Å². The molecule has 150 valence electrons. The van der Waals surface area contributed by atoms with Gasteiger partial charge in [0.25, 0.3) is 5.91 Å². The molecule has 1 amide bonds. The lowest BCUT2D eigenvalue weighted by atomic mass is 10.0. The Morgan fingerprint density at radius 3 is 2.41 bits per heavy atom. The number of esters is 1. The summed E-state index contributed by atoms with van der Waals surface area (Å²) in [6.45, 7) is 3.54. The Balaban J connectivity index is 1.87. The topological polar surface area (TPSA) is 64.6 Å². The molecule has 5 nitrogen and oxygen atoms in total. The maximum atomic E-state index is 13.3. The normalized spacial score (nSPS) is 10.4. The van der Waals surface area contributed by atoms with Gasteiger partial charge in [-0.1, -0.05) is 30.3 Å². The predicted octanol–water partition coefficient (Wildman–Crippen LogP) is 5.06. The third kappa shape index (κ3) is 5.00. The molecule has 0 bridgehead atoms. The minimum Gasteiger partial charge on any atom is -0.484 e. The Hall–Kier alpha value is -3.19. The Morgan fingerprint density at radius 1 is 1.07 bits per heavy atom. The van der Waals surface area contributed by atoms with E-state index in [1.54, 1.807) is 31.2 Å². The smallest absolute Gasteiger partial charge is 0.341 e. The minimum absolute atomic E-state index is 0.196. The van der Waals surface area contributed by atoms with Gasteiger partial charge in [0.2, 0.25) is 0 Å². The number of carbonyl (C=O) groups is 2. The number of anilines is 1. The van der Waals surface area contributed by atoms with Crippen molar-refractivity contribution in [2.75, 3.05) is 18.5 Å². The Kier molecular flexibility index (Phi) is 6.61.